The summed E-state index contributed by atoms with van der Waals surface area (Å²) in [4.78, 5) is 35.0. The van der Waals surface area contributed by atoms with Crippen molar-refractivity contribution in [1.29, 1.82) is 0 Å². The van der Waals surface area contributed by atoms with Crippen molar-refractivity contribution in [3.63, 3.8) is 0 Å². The Labute approximate surface area is 157 Å². The Balaban J connectivity index is 1.70. The maximum Gasteiger partial charge on any atom is 0.333 e. The van der Waals surface area contributed by atoms with Gasteiger partial charge in [0.15, 0.2) is 0 Å². The van der Waals surface area contributed by atoms with E-state index in [1.165, 1.54) is 19.1 Å². The molecule has 2 rings (SSSR count). The summed E-state index contributed by atoms with van der Waals surface area (Å²) in [6.45, 7) is 4.82. The summed E-state index contributed by atoms with van der Waals surface area (Å²) >= 11 is 0. The summed E-state index contributed by atoms with van der Waals surface area (Å²) in [5, 5.41) is 0. The number of carbonyl (C=O) groups is 3. The lowest BCUT2D eigenvalue weighted by Gasteiger charge is -2.14. The van der Waals surface area contributed by atoms with Crippen LogP contribution in [0.1, 0.15) is 36.5 Å². The fraction of sp³-hybridized carbons (Fsp3) is 0.389. The highest BCUT2D eigenvalue weighted by molar-refractivity contribution is 7.90. The van der Waals surface area contributed by atoms with Crippen LogP contribution in [0.4, 0.5) is 0 Å². The summed E-state index contributed by atoms with van der Waals surface area (Å²) < 4.78 is 35.3. The predicted molar refractivity (Wildman–Crippen MR) is 95.2 cm³/mol. The fourth-order valence-electron chi connectivity index (χ4n) is 2.46. The monoisotopic (exact) mass is 395 g/mol. The molecular weight excluding hydrogens is 374 g/mol. The van der Waals surface area contributed by atoms with Crippen LogP contribution in [0.25, 0.3) is 0 Å². The van der Waals surface area contributed by atoms with Crippen LogP contribution in [-0.4, -0.2) is 50.3 Å². The molecule has 0 aromatic heterocycles. The van der Waals surface area contributed by atoms with Crippen LogP contribution in [0, 0.1) is 0 Å². The van der Waals surface area contributed by atoms with Crippen molar-refractivity contribution in [2.75, 3.05) is 19.8 Å². The zero-order valence-electron chi connectivity index (χ0n) is 15.0. The van der Waals surface area contributed by atoms with Gasteiger partial charge in [0, 0.05) is 18.5 Å². The first-order valence-electron chi connectivity index (χ1n) is 8.39. The number of nitrogens with zero attached hydrogens (tertiary/aromatic N) is 1. The summed E-state index contributed by atoms with van der Waals surface area (Å²) in [6.07, 6.45) is 0.766. The van der Waals surface area contributed by atoms with Gasteiger partial charge in [-0.3, -0.25) is 9.59 Å². The van der Waals surface area contributed by atoms with Crippen LogP contribution in [0.15, 0.2) is 41.3 Å². The highest BCUT2D eigenvalue weighted by atomic mass is 32.2. The van der Waals surface area contributed by atoms with Crippen molar-refractivity contribution < 1.29 is 32.3 Å². The average Bonchev–Trinajstić information content (AvgIpc) is 2.82. The Morgan fingerprint density at radius 3 is 2.44 bits per heavy atom. The Bertz CT molecular complexity index is 860. The molecule has 0 bridgehead atoms. The molecule has 1 aromatic rings. The highest BCUT2D eigenvalue weighted by Crippen LogP contribution is 2.30. The number of rotatable bonds is 9. The molecule has 0 atom stereocenters. The molecule has 0 radical (unpaired) electrons. The fourth-order valence-corrected chi connectivity index (χ4v) is 4.07. The van der Waals surface area contributed by atoms with Crippen molar-refractivity contribution in [3.05, 3.63) is 42.0 Å². The number of ether oxygens (including phenoxy) is 2. The summed E-state index contributed by atoms with van der Waals surface area (Å²) in [5.41, 5.74) is 0.427. The molecule has 27 heavy (non-hydrogen) atoms. The van der Waals surface area contributed by atoms with Crippen molar-refractivity contribution in [2.45, 2.75) is 31.1 Å². The van der Waals surface area contributed by atoms with E-state index in [9.17, 15) is 22.8 Å². The summed E-state index contributed by atoms with van der Waals surface area (Å²) in [7, 11) is -3.82. The van der Waals surface area contributed by atoms with Crippen molar-refractivity contribution in [1.82, 2.24) is 4.31 Å². The number of esters is 2. The third-order valence-corrected chi connectivity index (χ3v) is 5.67. The van der Waals surface area contributed by atoms with Gasteiger partial charge in [0.25, 0.3) is 15.9 Å². The molecule has 0 saturated heterocycles. The third kappa shape index (κ3) is 4.94. The normalized spacial score (nSPS) is 14.6. The zero-order chi connectivity index (χ0) is 20.0. The lowest BCUT2D eigenvalue weighted by Crippen LogP contribution is -2.31. The number of hydrogen-bond donors (Lipinski definition) is 0. The van der Waals surface area contributed by atoms with Gasteiger partial charge in [0.1, 0.15) is 18.1 Å². The maximum atomic E-state index is 12.4. The van der Waals surface area contributed by atoms with Gasteiger partial charge in [-0.1, -0.05) is 18.7 Å². The molecule has 1 aliphatic heterocycles. The molecule has 146 valence electrons. The Hall–Kier alpha value is -2.68. The van der Waals surface area contributed by atoms with Gasteiger partial charge < -0.3 is 9.47 Å². The Kier molecular flexibility index (Phi) is 6.73. The second kappa shape index (κ2) is 8.81. The molecule has 0 saturated carbocycles. The van der Waals surface area contributed by atoms with Crippen LogP contribution in [0.5, 0.6) is 0 Å². The number of fused-ring (bicyclic) bond motifs is 1. The van der Waals surface area contributed by atoms with E-state index in [2.05, 4.69) is 6.58 Å². The van der Waals surface area contributed by atoms with Crippen molar-refractivity contribution >= 4 is 27.9 Å². The maximum absolute atomic E-state index is 12.4. The van der Waals surface area contributed by atoms with E-state index in [1.807, 2.05) is 0 Å². The van der Waals surface area contributed by atoms with E-state index in [0.29, 0.717) is 12.8 Å². The first-order valence-corrected chi connectivity index (χ1v) is 9.83. The van der Waals surface area contributed by atoms with E-state index in [4.69, 9.17) is 9.47 Å². The smallest absolute Gasteiger partial charge is 0.333 e. The van der Waals surface area contributed by atoms with Gasteiger partial charge in [0.05, 0.1) is 5.56 Å². The van der Waals surface area contributed by atoms with E-state index in [0.717, 1.165) is 4.31 Å². The summed E-state index contributed by atoms with van der Waals surface area (Å²) in [5.74, 6) is -1.59. The van der Waals surface area contributed by atoms with E-state index in [1.54, 1.807) is 12.1 Å². The first kappa shape index (κ1) is 20.6. The molecule has 0 aliphatic carbocycles. The molecule has 0 spiro atoms. The quantitative estimate of drug-likeness (QED) is 0.355. The Morgan fingerprint density at radius 2 is 1.78 bits per heavy atom. The molecule has 1 heterocycles. The second-order valence-corrected chi connectivity index (χ2v) is 7.80. The van der Waals surface area contributed by atoms with Crippen molar-refractivity contribution in [3.8, 4) is 0 Å². The van der Waals surface area contributed by atoms with Gasteiger partial charge in [-0.2, -0.15) is 0 Å². The topological polar surface area (TPSA) is 107 Å². The molecule has 0 N–H and O–H groups in total. The first-order chi connectivity index (χ1) is 12.7. The van der Waals surface area contributed by atoms with Crippen LogP contribution in [0.2, 0.25) is 0 Å². The minimum atomic E-state index is -3.82. The molecular formula is C18H21NO7S. The molecule has 0 fully saturated rings. The molecule has 1 aromatic carbocycles. The standard InChI is InChI=1S/C18H21NO7S/c1-13(2)18(22)26-12-11-25-16(20)9-5-6-10-19-17(21)14-7-3-4-8-15(14)27(19,23)24/h3-4,7-8H,1,5-6,9-12H2,2H3. The van der Waals surface area contributed by atoms with Gasteiger partial charge in [-0.05, 0) is 31.9 Å². The minimum Gasteiger partial charge on any atom is -0.462 e. The largest absolute Gasteiger partial charge is 0.462 e. The number of sulfonamides is 1. The van der Waals surface area contributed by atoms with Crippen molar-refractivity contribution in [2.24, 2.45) is 0 Å². The van der Waals surface area contributed by atoms with Crippen LogP contribution in [-0.2, 0) is 29.1 Å². The van der Waals surface area contributed by atoms with Crippen LogP contribution < -0.4 is 0 Å². The molecule has 8 nitrogen and oxygen atoms in total. The predicted octanol–water partition coefficient (Wildman–Crippen LogP) is 1.66. The van der Waals surface area contributed by atoms with Gasteiger partial charge in [-0.15, -0.1) is 0 Å². The summed E-state index contributed by atoms with van der Waals surface area (Å²) in [6, 6.07) is 6.06. The lowest BCUT2D eigenvalue weighted by molar-refractivity contribution is -0.150. The number of hydrogen-bond acceptors (Lipinski definition) is 7. The lowest BCUT2D eigenvalue weighted by atomic mass is 10.2. The van der Waals surface area contributed by atoms with Crippen LogP contribution >= 0.6 is 0 Å². The van der Waals surface area contributed by atoms with E-state index < -0.39 is 27.9 Å². The highest BCUT2D eigenvalue weighted by Gasteiger charge is 2.40. The third-order valence-electron chi connectivity index (χ3n) is 3.83. The van der Waals surface area contributed by atoms with Crippen LogP contribution in [0.3, 0.4) is 0 Å². The molecule has 1 aliphatic rings. The number of unbranched alkanes of at least 4 members (excludes halogenated alkanes) is 1. The van der Waals surface area contributed by atoms with E-state index >= 15 is 0 Å². The van der Waals surface area contributed by atoms with Gasteiger partial charge in [-0.25, -0.2) is 17.5 Å². The van der Waals surface area contributed by atoms with Gasteiger partial charge >= 0.3 is 11.9 Å². The molecule has 1 amide bonds. The number of carbonyl (C=O) groups excluding carboxylic acids is 3. The average molecular weight is 395 g/mol. The minimum absolute atomic E-state index is 0.000644. The SMILES string of the molecule is C=C(C)C(=O)OCCOC(=O)CCCCN1C(=O)c2ccccc2S1(=O)=O. The zero-order valence-corrected chi connectivity index (χ0v) is 15.8. The Morgan fingerprint density at radius 1 is 1.11 bits per heavy atom. The molecule has 0 unspecified atom stereocenters. The molecule has 9 heteroatoms. The number of benzene rings is 1. The number of amides is 1. The van der Waals surface area contributed by atoms with E-state index in [-0.39, 0.29) is 42.2 Å². The van der Waals surface area contributed by atoms with Gasteiger partial charge in [0.2, 0.25) is 0 Å². The second-order valence-electron chi connectivity index (χ2n) is 5.97.